The first kappa shape index (κ1) is 12.9. The molecule has 0 radical (unpaired) electrons. The first-order chi connectivity index (χ1) is 8.31. The second kappa shape index (κ2) is 6.39. The minimum Gasteiger partial charge on any atom is -0.371 e. The summed E-state index contributed by atoms with van der Waals surface area (Å²) in [6, 6.07) is 5.14. The summed E-state index contributed by atoms with van der Waals surface area (Å²) >= 11 is 3.45. The molecule has 1 heterocycles. The average molecular weight is 300 g/mol. The van der Waals surface area contributed by atoms with Gasteiger partial charge in [0.15, 0.2) is 0 Å². The maximum absolute atomic E-state index is 13.2. The third-order valence-electron chi connectivity index (χ3n) is 3.38. The van der Waals surface area contributed by atoms with Crippen molar-refractivity contribution in [2.75, 3.05) is 18.0 Å². The number of hydrogen-bond acceptors (Lipinski definition) is 1. The molecular weight excluding hydrogens is 281 g/mol. The van der Waals surface area contributed by atoms with E-state index in [4.69, 9.17) is 0 Å². The van der Waals surface area contributed by atoms with Crippen molar-refractivity contribution in [1.82, 2.24) is 0 Å². The van der Waals surface area contributed by atoms with Crippen LogP contribution in [0.5, 0.6) is 0 Å². The van der Waals surface area contributed by atoms with Crippen LogP contribution < -0.4 is 4.90 Å². The van der Waals surface area contributed by atoms with Gasteiger partial charge in [-0.3, -0.25) is 0 Å². The molecule has 94 valence electrons. The Morgan fingerprint density at radius 1 is 1.06 bits per heavy atom. The van der Waals surface area contributed by atoms with Gasteiger partial charge in [0, 0.05) is 24.1 Å². The quantitative estimate of drug-likeness (QED) is 0.727. The molecule has 0 saturated carbocycles. The lowest BCUT2D eigenvalue weighted by molar-refractivity contribution is 0.555. The monoisotopic (exact) mass is 299 g/mol. The number of nitrogens with zero attached hydrogens (tertiary/aromatic N) is 1. The van der Waals surface area contributed by atoms with E-state index in [0.29, 0.717) is 0 Å². The van der Waals surface area contributed by atoms with E-state index >= 15 is 0 Å². The van der Waals surface area contributed by atoms with Gasteiger partial charge in [0.25, 0.3) is 0 Å². The van der Waals surface area contributed by atoms with Gasteiger partial charge in [-0.2, -0.15) is 0 Å². The predicted octanol–water partition coefficient (Wildman–Crippen LogP) is 4.49. The molecule has 1 aliphatic rings. The Labute approximate surface area is 111 Å². The summed E-state index contributed by atoms with van der Waals surface area (Å²) in [6.07, 6.45) is 6.50. The molecule has 0 amide bonds. The Balaban J connectivity index is 2.18. The van der Waals surface area contributed by atoms with E-state index < -0.39 is 0 Å². The molecular formula is C14H19BrFN. The van der Waals surface area contributed by atoms with Gasteiger partial charge < -0.3 is 4.90 Å². The zero-order valence-corrected chi connectivity index (χ0v) is 11.7. The SMILES string of the molecule is Fc1ccc(N2CCCCCCC2)c(CBr)c1. The normalized spacial score (nSPS) is 17.6. The molecule has 2 rings (SSSR count). The molecule has 1 nitrogen and oxygen atoms in total. The van der Waals surface area contributed by atoms with E-state index in [1.807, 2.05) is 6.07 Å². The molecule has 0 N–H and O–H groups in total. The van der Waals surface area contributed by atoms with Gasteiger partial charge in [-0.05, 0) is 36.6 Å². The van der Waals surface area contributed by atoms with Crippen LogP contribution in [0, 0.1) is 5.82 Å². The minimum atomic E-state index is -0.143. The Morgan fingerprint density at radius 3 is 2.35 bits per heavy atom. The maximum atomic E-state index is 13.2. The van der Waals surface area contributed by atoms with Gasteiger partial charge in [0.2, 0.25) is 0 Å². The number of benzene rings is 1. The third kappa shape index (κ3) is 3.44. The molecule has 1 saturated heterocycles. The highest BCUT2D eigenvalue weighted by Crippen LogP contribution is 2.26. The van der Waals surface area contributed by atoms with E-state index in [9.17, 15) is 4.39 Å². The molecule has 1 aliphatic heterocycles. The van der Waals surface area contributed by atoms with E-state index in [1.54, 1.807) is 12.1 Å². The summed E-state index contributed by atoms with van der Waals surface area (Å²) in [6.45, 7) is 2.21. The molecule has 3 heteroatoms. The minimum absolute atomic E-state index is 0.143. The second-order valence-electron chi connectivity index (χ2n) is 4.66. The fourth-order valence-electron chi connectivity index (χ4n) is 2.46. The fraction of sp³-hybridized carbons (Fsp3) is 0.571. The lowest BCUT2D eigenvalue weighted by Gasteiger charge is -2.28. The van der Waals surface area contributed by atoms with E-state index in [-0.39, 0.29) is 5.82 Å². The van der Waals surface area contributed by atoms with Gasteiger partial charge in [-0.25, -0.2) is 4.39 Å². The first-order valence-electron chi connectivity index (χ1n) is 6.40. The predicted molar refractivity (Wildman–Crippen MR) is 74.3 cm³/mol. The molecule has 0 aromatic heterocycles. The smallest absolute Gasteiger partial charge is 0.123 e. The van der Waals surface area contributed by atoms with Crippen molar-refractivity contribution in [3.8, 4) is 0 Å². The van der Waals surface area contributed by atoms with Gasteiger partial charge >= 0.3 is 0 Å². The van der Waals surface area contributed by atoms with Crippen LogP contribution in [0.3, 0.4) is 0 Å². The molecule has 0 atom stereocenters. The van der Waals surface area contributed by atoms with Crippen molar-refractivity contribution < 1.29 is 4.39 Å². The molecule has 0 aliphatic carbocycles. The van der Waals surface area contributed by atoms with Crippen LogP contribution in [-0.2, 0) is 5.33 Å². The summed E-state index contributed by atoms with van der Waals surface area (Å²) in [5.41, 5.74) is 2.26. The molecule has 1 aromatic carbocycles. The van der Waals surface area contributed by atoms with Crippen LogP contribution in [0.1, 0.15) is 37.7 Å². The summed E-state index contributed by atoms with van der Waals surface area (Å²) < 4.78 is 13.2. The van der Waals surface area contributed by atoms with Gasteiger partial charge in [-0.1, -0.05) is 35.2 Å². The lowest BCUT2D eigenvalue weighted by Crippen LogP contribution is -2.27. The Hall–Kier alpha value is -0.570. The topological polar surface area (TPSA) is 3.24 Å². The highest BCUT2D eigenvalue weighted by Gasteiger charge is 2.12. The maximum Gasteiger partial charge on any atom is 0.123 e. The van der Waals surface area contributed by atoms with Crippen molar-refractivity contribution in [2.45, 2.75) is 37.4 Å². The average Bonchev–Trinajstić information content (AvgIpc) is 2.29. The van der Waals surface area contributed by atoms with Crippen molar-refractivity contribution >= 4 is 21.6 Å². The standard InChI is InChI=1S/C14H19BrFN/c15-11-12-10-13(16)6-7-14(12)17-8-4-2-1-3-5-9-17/h6-7,10H,1-5,8-9,11H2. The summed E-state index contributed by atoms with van der Waals surface area (Å²) in [5, 5.41) is 0.719. The van der Waals surface area contributed by atoms with Crippen LogP contribution in [-0.4, -0.2) is 13.1 Å². The number of hydrogen-bond donors (Lipinski definition) is 0. The number of rotatable bonds is 2. The second-order valence-corrected chi connectivity index (χ2v) is 5.22. The molecule has 0 spiro atoms. The van der Waals surface area contributed by atoms with Crippen LogP contribution in [0.4, 0.5) is 10.1 Å². The molecule has 1 fully saturated rings. The van der Waals surface area contributed by atoms with Crippen LogP contribution in [0.15, 0.2) is 18.2 Å². The van der Waals surface area contributed by atoms with E-state index in [0.717, 1.165) is 24.0 Å². The summed E-state index contributed by atoms with van der Waals surface area (Å²) in [4.78, 5) is 2.41. The fourth-order valence-corrected chi connectivity index (χ4v) is 2.91. The van der Waals surface area contributed by atoms with Crippen molar-refractivity contribution in [1.29, 1.82) is 0 Å². The van der Waals surface area contributed by atoms with Gasteiger partial charge in [0.1, 0.15) is 5.82 Å². The zero-order valence-electron chi connectivity index (χ0n) is 10.1. The van der Waals surface area contributed by atoms with Crippen molar-refractivity contribution in [3.63, 3.8) is 0 Å². The highest BCUT2D eigenvalue weighted by atomic mass is 79.9. The van der Waals surface area contributed by atoms with E-state index in [1.165, 1.54) is 37.8 Å². The van der Waals surface area contributed by atoms with Gasteiger partial charge in [-0.15, -0.1) is 0 Å². The Morgan fingerprint density at radius 2 is 1.71 bits per heavy atom. The number of alkyl halides is 1. The van der Waals surface area contributed by atoms with Crippen LogP contribution >= 0.6 is 15.9 Å². The van der Waals surface area contributed by atoms with Crippen LogP contribution in [0.2, 0.25) is 0 Å². The zero-order chi connectivity index (χ0) is 12.1. The summed E-state index contributed by atoms with van der Waals surface area (Å²) in [5.74, 6) is -0.143. The number of halogens is 2. The van der Waals surface area contributed by atoms with E-state index in [2.05, 4.69) is 20.8 Å². The van der Waals surface area contributed by atoms with Crippen molar-refractivity contribution in [3.05, 3.63) is 29.6 Å². The molecule has 1 aromatic rings. The molecule has 17 heavy (non-hydrogen) atoms. The largest absolute Gasteiger partial charge is 0.371 e. The lowest BCUT2D eigenvalue weighted by atomic mass is 10.1. The first-order valence-corrected chi connectivity index (χ1v) is 7.53. The molecule has 0 unspecified atom stereocenters. The third-order valence-corrected chi connectivity index (χ3v) is 3.99. The van der Waals surface area contributed by atoms with Gasteiger partial charge in [0.05, 0.1) is 0 Å². The van der Waals surface area contributed by atoms with Crippen molar-refractivity contribution in [2.24, 2.45) is 0 Å². The highest BCUT2D eigenvalue weighted by molar-refractivity contribution is 9.08. The van der Waals surface area contributed by atoms with Crippen LogP contribution in [0.25, 0.3) is 0 Å². The Kier molecular flexibility index (Phi) is 4.84. The molecule has 0 bridgehead atoms. The number of anilines is 1. The summed E-state index contributed by atoms with van der Waals surface area (Å²) in [7, 11) is 0. The Bertz CT molecular complexity index is 359.